The van der Waals surface area contributed by atoms with Gasteiger partial charge < -0.3 is 24.2 Å². The van der Waals surface area contributed by atoms with Crippen molar-refractivity contribution < 1.29 is 23.9 Å². The number of para-hydroxylation sites is 1. The fourth-order valence-corrected chi connectivity index (χ4v) is 4.97. The lowest BCUT2D eigenvalue weighted by molar-refractivity contribution is -0.141. The molecule has 2 aromatic carbocycles. The van der Waals surface area contributed by atoms with Gasteiger partial charge in [0.1, 0.15) is 12.3 Å². The minimum Gasteiger partial charge on any atom is -0.497 e. The Balaban J connectivity index is 1.49. The summed E-state index contributed by atoms with van der Waals surface area (Å²) < 4.78 is 10.4. The topological polar surface area (TPSA) is 79.4 Å². The molecule has 0 spiro atoms. The van der Waals surface area contributed by atoms with Crippen LogP contribution in [0.3, 0.4) is 0 Å². The van der Waals surface area contributed by atoms with Crippen LogP contribution < -0.4 is 14.5 Å². The smallest absolute Gasteiger partial charge is 0.325 e. The number of piperidine rings is 1. The lowest BCUT2D eigenvalue weighted by atomic mass is 9.95. The largest absolute Gasteiger partial charge is 0.497 e. The molecule has 0 unspecified atom stereocenters. The van der Waals surface area contributed by atoms with Crippen molar-refractivity contribution in [1.29, 1.82) is 0 Å². The first-order chi connectivity index (χ1) is 16.9. The molecule has 0 saturated carbocycles. The Morgan fingerprint density at radius 1 is 1.09 bits per heavy atom. The molecule has 0 aromatic heterocycles. The number of aryl methyl sites for hydroxylation is 1. The lowest BCUT2D eigenvalue weighted by Crippen LogP contribution is -2.50. The Morgan fingerprint density at radius 3 is 2.54 bits per heavy atom. The van der Waals surface area contributed by atoms with Crippen LogP contribution in [-0.2, 0) is 20.7 Å². The summed E-state index contributed by atoms with van der Waals surface area (Å²) in [5.41, 5.74) is 3.34. The third-order valence-corrected chi connectivity index (χ3v) is 6.76. The fourth-order valence-electron chi connectivity index (χ4n) is 4.97. The predicted molar refractivity (Wildman–Crippen MR) is 134 cm³/mol. The molecule has 0 atom stereocenters. The highest BCUT2D eigenvalue weighted by molar-refractivity contribution is 6.01. The summed E-state index contributed by atoms with van der Waals surface area (Å²) >= 11 is 0. The average Bonchev–Trinajstić information content (AvgIpc) is 2.88. The van der Waals surface area contributed by atoms with Crippen LogP contribution in [0.25, 0.3) is 0 Å². The summed E-state index contributed by atoms with van der Waals surface area (Å²) in [6, 6.07) is 13.4. The van der Waals surface area contributed by atoms with Gasteiger partial charge in [-0.05, 0) is 49.9 Å². The number of carbonyl (C=O) groups excluding carboxylic acids is 3. The second kappa shape index (κ2) is 10.8. The van der Waals surface area contributed by atoms with Gasteiger partial charge in [0, 0.05) is 44.4 Å². The minimum absolute atomic E-state index is 0.0276. The van der Waals surface area contributed by atoms with E-state index in [4.69, 9.17) is 9.47 Å². The first kappa shape index (κ1) is 24.6. The highest BCUT2D eigenvalue weighted by Crippen LogP contribution is 2.33. The van der Waals surface area contributed by atoms with E-state index in [1.165, 1.54) is 5.56 Å². The van der Waals surface area contributed by atoms with E-state index in [-0.39, 0.29) is 30.4 Å². The van der Waals surface area contributed by atoms with Crippen molar-refractivity contribution in [2.24, 2.45) is 0 Å². The first-order valence-corrected chi connectivity index (χ1v) is 12.2. The molecular formula is C27H33N3O5. The van der Waals surface area contributed by atoms with Crippen LogP contribution in [0.5, 0.6) is 5.75 Å². The molecule has 2 aromatic rings. The number of methoxy groups -OCH3 is 1. The van der Waals surface area contributed by atoms with Gasteiger partial charge in [-0.2, -0.15) is 0 Å². The molecule has 8 heteroatoms. The SMILES string of the molecule is CCOC(=O)CN(C)c1cc(OC)ccc1C(=O)N1CCC(N2C(=O)CCc3ccccc32)CC1. The maximum absolute atomic E-state index is 13.5. The van der Waals surface area contributed by atoms with Gasteiger partial charge in [-0.25, -0.2) is 0 Å². The van der Waals surface area contributed by atoms with E-state index in [1.54, 1.807) is 44.2 Å². The highest BCUT2D eigenvalue weighted by atomic mass is 16.5. The van der Waals surface area contributed by atoms with Crippen LogP contribution in [0.2, 0.25) is 0 Å². The molecule has 1 saturated heterocycles. The number of nitrogens with zero attached hydrogens (tertiary/aromatic N) is 3. The standard InChI is InChI=1S/C27H33N3O5/c1-4-35-26(32)18-28(2)24-17-21(34-3)10-11-22(24)27(33)29-15-13-20(14-16-29)30-23-8-6-5-7-19(23)9-12-25(30)31/h5-8,10-11,17,20H,4,9,12-16,18H2,1-3H3. The number of amides is 2. The predicted octanol–water partition coefficient (Wildman–Crippen LogP) is 3.28. The third-order valence-electron chi connectivity index (χ3n) is 6.76. The molecule has 0 radical (unpaired) electrons. The molecule has 2 aliphatic rings. The molecule has 0 bridgehead atoms. The van der Waals surface area contributed by atoms with Gasteiger partial charge in [0.15, 0.2) is 0 Å². The summed E-state index contributed by atoms with van der Waals surface area (Å²) in [6.07, 6.45) is 2.74. The second-order valence-electron chi connectivity index (χ2n) is 8.96. The number of anilines is 2. The van der Waals surface area contributed by atoms with E-state index in [2.05, 4.69) is 6.07 Å². The van der Waals surface area contributed by atoms with Crippen molar-refractivity contribution in [3.63, 3.8) is 0 Å². The Morgan fingerprint density at radius 2 is 1.83 bits per heavy atom. The third kappa shape index (κ3) is 5.26. The Kier molecular flexibility index (Phi) is 7.58. The number of ether oxygens (including phenoxy) is 2. The molecule has 4 rings (SSSR count). The minimum atomic E-state index is -0.358. The summed E-state index contributed by atoms with van der Waals surface area (Å²) in [7, 11) is 3.32. The van der Waals surface area contributed by atoms with E-state index >= 15 is 0 Å². The van der Waals surface area contributed by atoms with Crippen molar-refractivity contribution in [2.75, 3.05) is 50.2 Å². The molecule has 0 aliphatic carbocycles. The molecule has 8 nitrogen and oxygen atoms in total. The number of fused-ring (bicyclic) bond motifs is 1. The number of benzene rings is 2. The molecule has 186 valence electrons. The van der Waals surface area contributed by atoms with Crippen LogP contribution in [0.15, 0.2) is 42.5 Å². The van der Waals surface area contributed by atoms with Crippen LogP contribution in [0, 0.1) is 0 Å². The molecule has 1 fully saturated rings. The summed E-state index contributed by atoms with van der Waals surface area (Å²) in [5, 5.41) is 0. The molecular weight excluding hydrogens is 446 g/mol. The van der Waals surface area contributed by atoms with E-state index in [0.29, 0.717) is 43.1 Å². The van der Waals surface area contributed by atoms with E-state index in [1.807, 2.05) is 28.0 Å². The monoisotopic (exact) mass is 479 g/mol. The van der Waals surface area contributed by atoms with Gasteiger partial charge in [-0.15, -0.1) is 0 Å². The van der Waals surface area contributed by atoms with E-state index in [9.17, 15) is 14.4 Å². The summed E-state index contributed by atoms with van der Waals surface area (Å²) in [4.78, 5) is 43.9. The van der Waals surface area contributed by atoms with Gasteiger partial charge >= 0.3 is 5.97 Å². The number of esters is 1. The normalized spacial score (nSPS) is 16.0. The summed E-state index contributed by atoms with van der Waals surface area (Å²) in [6.45, 7) is 3.21. The number of likely N-dealkylation sites (tertiary alicyclic amines) is 1. The van der Waals surface area contributed by atoms with Crippen molar-refractivity contribution in [3.8, 4) is 5.75 Å². The zero-order valence-electron chi connectivity index (χ0n) is 20.7. The molecule has 2 heterocycles. The maximum atomic E-state index is 13.5. The molecule has 2 aliphatic heterocycles. The van der Waals surface area contributed by atoms with Crippen molar-refractivity contribution in [1.82, 2.24) is 4.90 Å². The number of likely N-dealkylation sites (N-methyl/N-ethyl adjacent to an activating group) is 1. The van der Waals surface area contributed by atoms with Crippen LogP contribution in [0.4, 0.5) is 11.4 Å². The lowest BCUT2D eigenvalue weighted by Gasteiger charge is -2.41. The van der Waals surface area contributed by atoms with Gasteiger partial charge in [-0.1, -0.05) is 18.2 Å². The highest BCUT2D eigenvalue weighted by Gasteiger charge is 2.34. The first-order valence-electron chi connectivity index (χ1n) is 12.2. The van der Waals surface area contributed by atoms with Crippen LogP contribution in [0.1, 0.15) is 42.1 Å². The Bertz CT molecular complexity index is 1090. The fraction of sp³-hybridized carbons (Fsp3) is 0.444. The van der Waals surface area contributed by atoms with Gasteiger partial charge in [0.2, 0.25) is 5.91 Å². The van der Waals surface area contributed by atoms with Gasteiger partial charge in [0.05, 0.1) is 25.0 Å². The second-order valence-corrected chi connectivity index (χ2v) is 8.96. The molecule has 0 N–H and O–H groups in total. The Hall–Kier alpha value is -3.55. The zero-order chi connectivity index (χ0) is 24.9. The zero-order valence-corrected chi connectivity index (χ0v) is 20.7. The quantitative estimate of drug-likeness (QED) is 0.567. The molecule has 35 heavy (non-hydrogen) atoms. The van der Waals surface area contributed by atoms with Crippen molar-refractivity contribution in [3.05, 3.63) is 53.6 Å². The summed E-state index contributed by atoms with van der Waals surface area (Å²) in [5.74, 6) is 0.311. The van der Waals surface area contributed by atoms with Crippen molar-refractivity contribution >= 4 is 29.2 Å². The number of carbonyl (C=O) groups is 3. The van der Waals surface area contributed by atoms with Crippen LogP contribution >= 0.6 is 0 Å². The van der Waals surface area contributed by atoms with E-state index < -0.39 is 0 Å². The number of hydrogen-bond donors (Lipinski definition) is 0. The van der Waals surface area contributed by atoms with Crippen LogP contribution in [-0.4, -0.2) is 69.1 Å². The van der Waals surface area contributed by atoms with Gasteiger partial charge in [0.25, 0.3) is 5.91 Å². The van der Waals surface area contributed by atoms with Crippen molar-refractivity contribution in [2.45, 2.75) is 38.6 Å². The number of hydrogen-bond acceptors (Lipinski definition) is 6. The Labute approximate surface area is 206 Å². The average molecular weight is 480 g/mol. The maximum Gasteiger partial charge on any atom is 0.325 e. The van der Waals surface area contributed by atoms with E-state index in [0.717, 1.165) is 24.9 Å². The number of rotatable bonds is 7. The van der Waals surface area contributed by atoms with Gasteiger partial charge in [-0.3, -0.25) is 14.4 Å². The molecule has 2 amide bonds.